The summed E-state index contributed by atoms with van der Waals surface area (Å²) < 4.78 is 5.26. The lowest BCUT2D eigenvalue weighted by atomic mass is 9.71. The maximum absolute atomic E-state index is 11.8. The number of hydrogen-bond donors (Lipinski definition) is 1. The average molecular weight is 275 g/mol. The molecule has 4 rings (SSSR count). The van der Waals surface area contributed by atoms with Crippen LogP contribution in [0, 0.1) is 0 Å². The molecule has 1 spiro atoms. The van der Waals surface area contributed by atoms with E-state index in [0.29, 0.717) is 13.0 Å². The number of aliphatic hydroxyl groups excluding tert-OH is 1. The minimum atomic E-state index is -0.288. The van der Waals surface area contributed by atoms with E-state index >= 15 is 0 Å². The van der Waals surface area contributed by atoms with Crippen LogP contribution in [0.15, 0.2) is 22.8 Å². The highest BCUT2D eigenvalue weighted by molar-refractivity contribution is 5.76. The molecule has 108 valence electrons. The second-order valence-electron chi connectivity index (χ2n) is 6.44. The molecule has 1 saturated heterocycles. The molecule has 4 nitrogen and oxygen atoms in total. The number of cyclic esters (lactones) is 1. The van der Waals surface area contributed by atoms with Gasteiger partial charge in [0.1, 0.15) is 6.61 Å². The lowest BCUT2D eigenvalue weighted by molar-refractivity contribution is -0.143. The molecule has 0 radical (unpaired) electrons. The van der Waals surface area contributed by atoms with Crippen molar-refractivity contribution in [2.24, 2.45) is 0 Å². The first-order valence-electron chi connectivity index (χ1n) is 7.70. The molecule has 0 saturated carbocycles. The van der Waals surface area contributed by atoms with Crippen LogP contribution >= 0.6 is 0 Å². The van der Waals surface area contributed by atoms with Crippen LogP contribution in [0.1, 0.15) is 38.5 Å². The molecule has 0 unspecified atom stereocenters. The second-order valence-corrected chi connectivity index (χ2v) is 6.44. The first-order chi connectivity index (χ1) is 9.70. The summed E-state index contributed by atoms with van der Waals surface area (Å²) >= 11 is 0. The second kappa shape index (κ2) is 4.43. The number of ether oxygens (including phenoxy) is 1. The lowest BCUT2D eigenvalue weighted by Crippen LogP contribution is -2.51. The van der Waals surface area contributed by atoms with Gasteiger partial charge in [0.25, 0.3) is 0 Å². The van der Waals surface area contributed by atoms with Crippen molar-refractivity contribution in [2.45, 2.75) is 50.2 Å². The van der Waals surface area contributed by atoms with Crippen molar-refractivity contribution in [3.05, 3.63) is 22.8 Å². The molecule has 20 heavy (non-hydrogen) atoms. The van der Waals surface area contributed by atoms with E-state index in [9.17, 15) is 9.90 Å². The van der Waals surface area contributed by atoms with Gasteiger partial charge in [-0.2, -0.15) is 0 Å². The average Bonchev–Trinajstić information content (AvgIpc) is 2.72. The third-order valence-corrected chi connectivity index (χ3v) is 5.45. The van der Waals surface area contributed by atoms with E-state index in [-0.39, 0.29) is 17.6 Å². The molecule has 0 aromatic rings. The number of rotatable bonds is 0. The molecule has 0 aromatic heterocycles. The van der Waals surface area contributed by atoms with E-state index in [4.69, 9.17) is 4.74 Å². The zero-order valence-electron chi connectivity index (χ0n) is 11.7. The van der Waals surface area contributed by atoms with Gasteiger partial charge in [0.2, 0.25) is 0 Å². The predicted octanol–water partition coefficient (Wildman–Crippen LogP) is 1.55. The van der Waals surface area contributed by atoms with Crippen molar-refractivity contribution in [1.29, 1.82) is 0 Å². The SMILES string of the molecule is O=C1CC2=C(CCCN3CCC4=CC[C@H](O)C[C@]423)CO1. The normalized spacial score (nSPS) is 37.5. The Morgan fingerprint density at radius 3 is 3.15 bits per heavy atom. The van der Waals surface area contributed by atoms with Crippen molar-refractivity contribution >= 4 is 5.97 Å². The highest BCUT2D eigenvalue weighted by Gasteiger charge is 2.52. The quantitative estimate of drug-likeness (QED) is 0.538. The van der Waals surface area contributed by atoms with Crippen molar-refractivity contribution in [1.82, 2.24) is 4.90 Å². The van der Waals surface area contributed by atoms with E-state index in [1.807, 2.05) is 0 Å². The minimum absolute atomic E-state index is 0.105. The molecule has 1 N–H and O–H groups in total. The molecule has 2 atom stereocenters. The van der Waals surface area contributed by atoms with Gasteiger partial charge in [0.05, 0.1) is 18.1 Å². The van der Waals surface area contributed by atoms with Crippen LogP contribution in [0.25, 0.3) is 0 Å². The maximum atomic E-state index is 11.8. The van der Waals surface area contributed by atoms with Crippen LogP contribution in [0.2, 0.25) is 0 Å². The predicted molar refractivity (Wildman–Crippen MR) is 74.1 cm³/mol. The fourth-order valence-electron chi connectivity index (χ4n) is 4.62. The molecule has 3 heterocycles. The molecule has 4 heteroatoms. The van der Waals surface area contributed by atoms with Crippen LogP contribution in [-0.2, 0) is 9.53 Å². The Morgan fingerprint density at radius 2 is 2.25 bits per heavy atom. The monoisotopic (exact) mass is 275 g/mol. The summed E-state index contributed by atoms with van der Waals surface area (Å²) in [5, 5.41) is 10.2. The molecule has 0 amide bonds. The molecule has 4 aliphatic rings. The Balaban J connectivity index is 1.88. The molecule has 1 aliphatic carbocycles. The third kappa shape index (κ3) is 1.64. The topological polar surface area (TPSA) is 49.8 Å². The fraction of sp³-hybridized carbons (Fsp3) is 0.688. The Bertz CT molecular complexity index is 522. The fourth-order valence-corrected chi connectivity index (χ4v) is 4.62. The van der Waals surface area contributed by atoms with Gasteiger partial charge in [-0.05, 0) is 55.4 Å². The van der Waals surface area contributed by atoms with Crippen molar-refractivity contribution < 1.29 is 14.6 Å². The largest absolute Gasteiger partial charge is 0.461 e. The maximum Gasteiger partial charge on any atom is 0.310 e. The number of esters is 1. The third-order valence-electron chi connectivity index (χ3n) is 5.45. The zero-order valence-corrected chi connectivity index (χ0v) is 11.7. The van der Waals surface area contributed by atoms with Gasteiger partial charge < -0.3 is 9.84 Å². The Morgan fingerprint density at radius 1 is 1.35 bits per heavy atom. The first-order valence-corrected chi connectivity index (χ1v) is 7.70. The number of hydrogen-bond acceptors (Lipinski definition) is 4. The van der Waals surface area contributed by atoms with Gasteiger partial charge in [-0.15, -0.1) is 0 Å². The standard InChI is InChI=1S/C16H21NO3/c18-13-4-3-12-5-7-17-6-1-2-11-10-20-15(19)8-14(11)16(12,17)9-13/h3,13,18H,1-2,4-10H2/t13-,16-/m0/s1. The van der Waals surface area contributed by atoms with Crippen LogP contribution in [0.4, 0.5) is 0 Å². The van der Waals surface area contributed by atoms with Crippen LogP contribution in [0.3, 0.4) is 0 Å². The highest BCUT2D eigenvalue weighted by atomic mass is 16.5. The van der Waals surface area contributed by atoms with E-state index < -0.39 is 0 Å². The van der Waals surface area contributed by atoms with E-state index in [0.717, 1.165) is 45.2 Å². The first kappa shape index (κ1) is 12.6. The van der Waals surface area contributed by atoms with Crippen molar-refractivity contribution in [3.8, 4) is 0 Å². The molecule has 0 bridgehead atoms. The van der Waals surface area contributed by atoms with Gasteiger partial charge in [0.15, 0.2) is 0 Å². The highest BCUT2D eigenvalue weighted by Crippen LogP contribution is 2.51. The number of aliphatic hydroxyl groups is 1. The summed E-state index contributed by atoms with van der Waals surface area (Å²) in [5.74, 6) is -0.105. The zero-order chi connectivity index (χ0) is 13.7. The Labute approximate surface area is 119 Å². The molecule has 0 aromatic carbocycles. The van der Waals surface area contributed by atoms with E-state index in [2.05, 4.69) is 11.0 Å². The van der Waals surface area contributed by atoms with Crippen molar-refractivity contribution in [3.63, 3.8) is 0 Å². The molecule has 3 aliphatic heterocycles. The summed E-state index contributed by atoms with van der Waals surface area (Å²) in [7, 11) is 0. The number of nitrogens with zero attached hydrogens (tertiary/aromatic N) is 1. The van der Waals surface area contributed by atoms with Crippen LogP contribution in [0.5, 0.6) is 0 Å². The number of carbonyl (C=O) groups excluding carboxylic acids is 1. The molecular formula is C16H21NO3. The summed E-state index contributed by atoms with van der Waals surface area (Å²) in [4.78, 5) is 14.3. The van der Waals surface area contributed by atoms with E-state index in [1.54, 1.807) is 0 Å². The summed E-state index contributed by atoms with van der Waals surface area (Å²) in [5.41, 5.74) is 3.85. The smallest absolute Gasteiger partial charge is 0.310 e. The van der Waals surface area contributed by atoms with Gasteiger partial charge in [-0.25, -0.2) is 0 Å². The minimum Gasteiger partial charge on any atom is -0.461 e. The summed E-state index contributed by atoms with van der Waals surface area (Å²) in [6.45, 7) is 2.59. The van der Waals surface area contributed by atoms with Gasteiger partial charge in [-0.3, -0.25) is 9.69 Å². The molecular weight excluding hydrogens is 254 g/mol. The van der Waals surface area contributed by atoms with Crippen LogP contribution in [-0.4, -0.2) is 47.3 Å². The van der Waals surface area contributed by atoms with Gasteiger partial charge in [-0.1, -0.05) is 6.08 Å². The molecule has 1 fully saturated rings. The Hall–Kier alpha value is -1.13. The lowest BCUT2D eigenvalue weighted by Gasteiger charge is -2.45. The number of carbonyl (C=O) groups is 1. The summed E-state index contributed by atoms with van der Waals surface area (Å²) in [6.07, 6.45) is 7.11. The Kier molecular flexibility index (Phi) is 2.79. The van der Waals surface area contributed by atoms with Gasteiger partial charge >= 0.3 is 5.97 Å². The van der Waals surface area contributed by atoms with Crippen molar-refractivity contribution in [2.75, 3.05) is 19.7 Å². The summed E-state index contributed by atoms with van der Waals surface area (Å²) in [6, 6.07) is 0. The van der Waals surface area contributed by atoms with E-state index in [1.165, 1.54) is 16.7 Å². The van der Waals surface area contributed by atoms with Gasteiger partial charge in [0, 0.05) is 6.54 Å². The van der Waals surface area contributed by atoms with Crippen LogP contribution < -0.4 is 0 Å².